The molecule has 7 atom stereocenters. The third kappa shape index (κ3) is 7.61. The number of ether oxygens (including phenoxy) is 1. The summed E-state index contributed by atoms with van der Waals surface area (Å²) in [6, 6.07) is 2.61. The predicted molar refractivity (Wildman–Crippen MR) is 184 cm³/mol. The van der Waals surface area contributed by atoms with Crippen LogP contribution in [0.2, 0.25) is 0 Å². The molecule has 0 amide bonds. The van der Waals surface area contributed by atoms with Gasteiger partial charge in [0.05, 0.1) is 30.0 Å². The number of nitrogens with zero attached hydrogens (tertiary/aromatic N) is 5. The zero-order valence-electron chi connectivity index (χ0n) is 29.1. The number of aliphatic imine (C=N–C) groups is 2. The fraction of sp³-hybridized carbons (Fsp3) is 0.865. The van der Waals surface area contributed by atoms with Gasteiger partial charge >= 0.3 is 5.97 Å². The van der Waals surface area contributed by atoms with Crippen LogP contribution in [0.3, 0.4) is 0 Å². The van der Waals surface area contributed by atoms with Crippen molar-refractivity contribution in [3.8, 4) is 0 Å². The number of carbonyl (C=O) groups excluding carboxylic acids is 1. The Morgan fingerprint density at radius 1 is 0.848 bits per heavy atom. The number of allylic oxidation sites excluding steroid dienone is 1. The number of hydrogen-bond acceptors (Lipinski definition) is 9. The van der Waals surface area contributed by atoms with Crippen LogP contribution in [0.15, 0.2) is 21.3 Å². The van der Waals surface area contributed by atoms with Gasteiger partial charge in [0, 0.05) is 29.9 Å². The van der Waals surface area contributed by atoms with Gasteiger partial charge in [0.2, 0.25) is 5.96 Å². The van der Waals surface area contributed by atoms with Gasteiger partial charge in [0.15, 0.2) is 6.29 Å². The van der Waals surface area contributed by atoms with Crippen molar-refractivity contribution >= 4 is 17.6 Å². The van der Waals surface area contributed by atoms with Crippen LogP contribution in [0.25, 0.3) is 0 Å². The second-order valence-electron chi connectivity index (χ2n) is 15.3. The number of esters is 1. The molecule has 0 saturated carbocycles. The molecule has 258 valence electrons. The second kappa shape index (κ2) is 15.8. The van der Waals surface area contributed by atoms with Gasteiger partial charge in [-0.15, -0.1) is 0 Å². The normalized spacial score (nSPS) is 31.6. The quantitative estimate of drug-likeness (QED) is 0.128. The summed E-state index contributed by atoms with van der Waals surface area (Å²) in [5.74, 6) is 0.650. The summed E-state index contributed by atoms with van der Waals surface area (Å²) in [7, 11) is 0. The van der Waals surface area contributed by atoms with Crippen molar-refractivity contribution in [3.63, 3.8) is 0 Å². The number of hydrogen-bond donors (Lipinski definition) is 2. The van der Waals surface area contributed by atoms with Crippen molar-refractivity contribution in [2.24, 2.45) is 9.98 Å². The van der Waals surface area contributed by atoms with E-state index in [2.05, 4.69) is 29.0 Å². The van der Waals surface area contributed by atoms with E-state index in [0.717, 1.165) is 87.1 Å². The molecule has 4 fully saturated rings. The average molecular weight is 639 g/mol. The highest BCUT2D eigenvalue weighted by Crippen LogP contribution is 2.41. The highest BCUT2D eigenvalue weighted by atomic mass is 16.5. The Bertz CT molecular complexity index is 1140. The highest BCUT2D eigenvalue weighted by molar-refractivity contribution is 6.19. The zero-order chi connectivity index (χ0) is 32.0. The lowest BCUT2D eigenvalue weighted by Crippen LogP contribution is -2.59. The van der Waals surface area contributed by atoms with E-state index in [9.17, 15) is 10.0 Å². The maximum atomic E-state index is 13.3. The Labute approximate surface area is 278 Å². The summed E-state index contributed by atoms with van der Waals surface area (Å²) in [6.45, 7) is 6.85. The minimum absolute atomic E-state index is 0.0230. The zero-order valence-corrected chi connectivity index (χ0v) is 29.1. The van der Waals surface area contributed by atoms with E-state index in [1.54, 1.807) is 0 Å². The lowest BCUT2D eigenvalue weighted by Gasteiger charge is -2.47. The third-order valence-corrected chi connectivity index (χ3v) is 11.8. The Morgan fingerprint density at radius 3 is 2.30 bits per heavy atom. The topological polar surface area (TPSA) is 93.0 Å². The van der Waals surface area contributed by atoms with Crippen molar-refractivity contribution in [2.45, 2.75) is 198 Å². The molecule has 0 aromatic carbocycles. The molecular formula is C37H62N6O3. The summed E-state index contributed by atoms with van der Waals surface area (Å²) in [5.41, 5.74) is 2.71. The van der Waals surface area contributed by atoms with E-state index in [4.69, 9.17) is 14.7 Å². The number of unbranched alkanes of at least 4 members (excludes halogenated alkanes) is 10. The SMILES string of the molecule is CCCCCCCCC[C@@H]1C[C@@H]2CCC3=C(C(=O)OCCCCCCC[C@@H]4C[C@@H]5CC[C@H]6C[C@@H](C)N(O)C(=N4)N56)C(C)=NC(N1)N32. The summed E-state index contributed by atoms with van der Waals surface area (Å²) in [5, 5.41) is 15.9. The first kappa shape index (κ1) is 33.8. The number of hydroxylamine groups is 2. The van der Waals surface area contributed by atoms with Crippen LogP contribution in [-0.4, -0.2) is 86.9 Å². The summed E-state index contributed by atoms with van der Waals surface area (Å²) in [4.78, 5) is 28.1. The smallest absolute Gasteiger partial charge is 0.341 e. The van der Waals surface area contributed by atoms with Gasteiger partial charge in [0.25, 0.3) is 0 Å². The van der Waals surface area contributed by atoms with E-state index in [1.165, 1.54) is 75.7 Å². The van der Waals surface area contributed by atoms with Gasteiger partial charge in [-0.1, -0.05) is 77.6 Å². The van der Waals surface area contributed by atoms with Crippen molar-refractivity contribution in [2.75, 3.05) is 6.61 Å². The molecule has 6 rings (SSSR count). The molecule has 0 aromatic rings. The molecular weight excluding hydrogens is 576 g/mol. The number of guanidine groups is 1. The molecule has 6 aliphatic rings. The predicted octanol–water partition coefficient (Wildman–Crippen LogP) is 7.29. The standard InChI is InChI=1S/C37H62N6O3/c1-4-5-6-7-8-10-13-16-28-24-32-20-21-33-34(27(3)38-36(39-28)42(32)33)35(44)46-22-15-12-9-11-14-17-29-25-31-19-18-30-23-26(2)43(45)37(40-29)41(30)31/h26,28-32,36,39,45H,4-25H2,1-3H3/t26-,28-,29-,30+,31+,32+,36?/m1/s1. The molecule has 0 aromatic heterocycles. The maximum Gasteiger partial charge on any atom is 0.341 e. The number of carbonyl (C=O) groups is 1. The van der Waals surface area contributed by atoms with E-state index in [1.807, 2.05) is 6.92 Å². The minimum Gasteiger partial charge on any atom is -0.462 e. The molecule has 9 heteroatoms. The maximum absolute atomic E-state index is 13.3. The molecule has 9 nitrogen and oxygen atoms in total. The van der Waals surface area contributed by atoms with E-state index in [-0.39, 0.29) is 18.3 Å². The molecule has 0 spiro atoms. The van der Waals surface area contributed by atoms with Gasteiger partial charge < -0.3 is 14.5 Å². The largest absolute Gasteiger partial charge is 0.462 e. The lowest BCUT2D eigenvalue weighted by atomic mass is 9.96. The molecule has 6 heterocycles. The minimum atomic E-state index is -0.185. The van der Waals surface area contributed by atoms with Crippen LogP contribution in [0.4, 0.5) is 0 Å². The van der Waals surface area contributed by atoms with Crippen LogP contribution < -0.4 is 5.32 Å². The van der Waals surface area contributed by atoms with Gasteiger partial charge in [-0.25, -0.2) is 19.8 Å². The highest BCUT2D eigenvalue weighted by Gasteiger charge is 2.47. The molecule has 0 radical (unpaired) electrons. The van der Waals surface area contributed by atoms with Crippen LogP contribution in [0, 0.1) is 0 Å². The molecule has 2 N–H and O–H groups in total. The Kier molecular flexibility index (Phi) is 11.6. The third-order valence-electron chi connectivity index (χ3n) is 11.8. The van der Waals surface area contributed by atoms with E-state index < -0.39 is 0 Å². The lowest BCUT2D eigenvalue weighted by molar-refractivity contribution is -0.138. The van der Waals surface area contributed by atoms with Gasteiger partial charge in [-0.2, -0.15) is 0 Å². The first-order valence-corrected chi connectivity index (χ1v) is 19.3. The summed E-state index contributed by atoms with van der Waals surface area (Å²) >= 11 is 0. The fourth-order valence-corrected chi connectivity index (χ4v) is 9.33. The van der Waals surface area contributed by atoms with Crippen LogP contribution in [-0.2, 0) is 9.53 Å². The number of nitrogens with one attached hydrogen (secondary N) is 1. The molecule has 0 bridgehead atoms. The Balaban J connectivity index is 0.874. The van der Waals surface area contributed by atoms with Gasteiger partial charge in [-0.3, -0.25) is 10.5 Å². The molecule has 46 heavy (non-hydrogen) atoms. The van der Waals surface area contributed by atoms with Crippen molar-refractivity contribution in [1.29, 1.82) is 0 Å². The molecule has 1 unspecified atom stereocenters. The van der Waals surface area contributed by atoms with Crippen molar-refractivity contribution in [1.82, 2.24) is 20.2 Å². The van der Waals surface area contributed by atoms with E-state index >= 15 is 0 Å². The summed E-state index contributed by atoms with van der Waals surface area (Å²) in [6.07, 6.45) is 25.1. The monoisotopic (exact) mass is 638 g/mol. The first-order valence-electron chi connectivity index (χ1n) is 19.3. The molecule has 4 saturated heterocycles. The molecule has 6 aliphatic heterocycles. The van der Waals surface area contributed by atoms with Gasteiger partial charge in [0.1, 0.15) is 0 Å². The number of rotatable bonds is 17. The van der Waals surface area contributed by atoms with Crippen molar-refractivity contribution in [3.05, 3.63) is 11.3 Å². The fourth-order valence-electron chi connectivity index (χ4n) is 9.33. The second-order valence-corrected chi connectivity index (χ2v) is 15.3. The first-order chi connectivity index (χ1) is 22.4. The van der Waals surface area contributed by atoms with Crippen LogP contribution in [0.1, 0.15) is 156 Å². The molecule has 0 aliphatic carbocycles. The Hall–Kier alpha value is -2.13. The van der Waals surface area contributed by atoms with E-state index in [0.29, 0.717) is 36.8 Å². The van der Waals surface area contributed by atoms with Crippen molar-refractivity contribution < 1.29 is 14.7 Å². The van der Waals surface area contributed by atoms with Crippen LogP contribution in [0.5, 0.6) is 0 Å². The summed E-state index contributed by atoms with van der Waals surface area (Å²) < 4.78 is 5.83. The average Bonchev–Trinajstić information content (AvgIpc) is 3.65. The van der Waals surface area contributed by atoms with Crippen LogP contribution >= 0.6 is 0 Å². The Morgan fingerprint density at radius 2 is 1.52 bits per heavy atom. The van der Waals surface area contributed by atoms with Gasteiger partial charge in [-0.05, 0) is 78.1 Å².